The highest BCUT2D eigenvalue weighted by molar-refractivity contribution is 5.90. The van der Waals surface area contributed by atoms with Gasteiger partial charge in [0.05, 0.1) is 12.0 Å². The number of amides is 3. The fraction of sp³-hybridized carbons (Fsp3) is 0.440. The monoisotopic (exact) mass is 405 g/mol. The van der Waals surface area contributed by atoms with E-state index >= 15 is 0 Å². The van der Waals surface area contributed by atoms with E-state index in [1.807, 2.05) is 30.3 Å². The molecule has 2 atom stereocenters. The summed E-state index contributed by atoms with van der Waals surface area (Å²) in [5.74, 6) is 0.0839. The average Bonchev–Trinajstić information content (AvgIpc) is 3.23. The van der Waals surface area contributed by atoms with E-state index in [0.29, 0.717) is 13.1 Å². The van der Waals surface area contributed by atoms with Gasteiger partial charge in [0.1, 0.15) is 0 Å². The fourth-order valence-corrected chi connectivity index (χ4v) is 4.90. The van der Waals surface area contributed by atoms with Crippen LogP contribution in [0.1, 0.15) is 48.4 Å². The van der Waals surface area contributed by atoms with Gasteiger partial charge in [-0.1, -0.05) is 47.5 Å². The van der Waals surface area contributed by atoms with Gasteiger partial charge in [-0.05, 0) is 57.2 Å². The number of benzene rings is 2. The van der Waals surface area contributed by atoms with E-state index in [9.17, 15) is 9.59 Å². The van der Waals surface area contributed by atoms with Crippen molar-refractivity contribution < 1.29 is 9.59 Å². The van der Waals surface area contributed by atoms with Crippen molar-refractivity contribution in [1.29, 1.82) is 0 Å². The molecule has 158 valence electrons. The molecule has 0 spiro atoms. The van der Waals surface area contributed by atoms with E-state index in [0.717, 1.165) is 37.9 Å². The third-order valence-corrected chi connectivity index (χ3v) is 6.25. The van der Waals surface area contributed by atoms with Crippen molar-refractivity contribution in [2.75, 3.05) is 25.0 Å². The predicted molar refractivity (Wildman–Crippen MR) is 119 cm³/mol. The topological polar surface area (TPSA) is 52.7 Å². The second-order valence-corrected chi connectivity index (χ2v) is 8.69. The lowest BCUT2D eigenvalue weighted by atomic mass is 9.95. The molecule has 0 aromatic heterocycles. The van der Waals surface area contributed by atoms with Crippen molar-refractivity contribution in [3.8, 4) is 0 Å². The highest BCUT2D eigenvalue weighted by Gasteiger charge is 2.36. The van der Waals surface area contributed by atoms with Crippen molar-refractivity contribution in [3.63, 3.8) is 0 Å². The summed E-state index contributed by atoms with van der Waals surface area (Å²) in [5.41, 5.74) is 4.51. The fourth-order valence-electron chi connectivity index (χ4n) is 4.90. The summed E-state index contributed by atoms with van der Waals surface area (Å²) < 4.78 is 0. The number of hydrogen-bond acceptors (Lipinski definition) is 2. The molecule has 5 heteroatoms. The average molecular weight is 406 g/mol. The van der Waals surface area contributed by atoms with Crippen LogP contribution < -0.4 is 5.32 Å². The standard InChI is InChI=1S/C25H31N3O2/c1-18-14-19(2)16-21(15-18)23-11-7-13-28(23)24(29)20-8-6-12-27(17-20)25(30)26-22-9-4-3-5-10-22/h3-5,9-10,14-16,20,23H,6-8,11-13,17H2,1-2H3,(H,26,30). The molecule has 2 aliphatic heterocycles. The number of likely N-dealkylation sites (tertiary alicyclic amines) is 2. The molecule has 0 aliphatic carbocycles. The molecule has 2 fully saturated rings. The first-order valence-electron chi connectivity index (χ1n) is 11.0. The van der Waals surface area contributed by atoms with Crippen LogP contribution in [0.15, 0.2) is 48.5 Å². The Hall–Kier alpha value is -2.82. The van der Waals surface area contributed by atoms with Gasteiger partial charge in [-0.2, -0.15) is 0 Å². The van der Waals surface area contributed by atoms with Crippen LogP contribution >= 0.6 is 0 Å². The number of nitrogens with one attached hydrogen (secondary N) is 1. The van der Waals surface area contributed by atoms with Gasteiger partial charge < -0.3 is 15.1 Å². The zero-order chi connectivity index (χ0) is 21.1. The number of carbonyl (C=O) groups is 2. The van der Waals surface area contributed by atoms with Crippen LogP contribution in [-0.4, -0.2) is 41.4 Å². The summed E-state index contributed by atoms with van der Waals surface area (Å²) in [4.78, 5) is 30.0. The number of rotatable bonds is 3. The summed E-state index contributed by atoms with van der Waals surface area (Å²) in [7, 11) is 0. The Bertz CT molecular complexity index is 892. The Morgan fingerprint density at radius 2 is 1.63 bits per heavy atom. The first kappa shape index (κ1) is 20.5. The zero-order valence-corrected chi connectivity index (χ0v) is 17.9. The van der Waals surface area contributed by atoms with Crippen LogP contribution in [0.3, 0.4) is 0 Å². The van der Waals surface area contributed by atoms with E-state index in [1.54, 1.807) is 4.90 Å². The molecule has 2 unspecified atom stereocenters. The highest BCUT2D eigenvalue weighted by Crippen LogP contribution is 2.35. The lowest BCUT2D eigenvalue weighted by Gasteiger charge is -2.35. The maximum atomic E-state index is 13.4. The van der Waals surface area contributed by atoms with Gasteiger partial charge in [-0.3, -0.25) is 4.79 Å². The molecular formula is C25H31N3O2. The number of hydrogen-bond donors (Lipinski definition) is 1. The number of nitrogens with zero attached hydrogens (tertiary/aromatic N) is 2. The number of anilines is 1. The van der Waals surface area contributed by atoms with Crippen molar-refractivity contribution >= 4 is 17.6 Å². The molecule has 0 bridgehead atoms. The van der Waals surface area contributed by atoms with Crippen LogP contribution in [0.5, 0.6) is 0 Å². The number of carbonyl (C=O) groups excluding carboxylic acids is 2. The molecule has 4 rings (SSSR count). The van der Waals surface area contributed by atoms with E-state index in [-0.39, 0.29) is 23.9 Å². The van der Waals surface area contributed by atoms with Gasteiger partial charge in [0.25, 0.3) is 0 Å². The summed E-state index contributed by atoms with van der Waals surface area (Å²) in [6.07, 6.45) is 3.76. The normalized spacial score (nSPS) is 21.5. The number of para-hydroxylation sites is 1. The van der Waals surface area contributed by atoms with E-state index in [4.69, 9.17) is 0 Å². The van der Waals surface area contributed by atoms with Gasteiger partial charge in [0.2, 0.25) is 5.91 Å². The zero-order valence-electron chi connectivity index (χ0n) is 17.9. The minimum atomic E-state index is -0.119. The first-order valence-corrected chi connectivity index (χ1v) is 11.0. The molecule has 2 aromatic rings. The molecular weight excluding hydrogens is 374 g/mol. The molecule has 2 aliphatic rings. The third-order valence-electron chi connectivity index (χ3n) is 6.25. The van der Waals surface area contributed by atoms with Gasteiger partial charge >= 0.3 is 6.03 Å². The Morgan fingerprint density at radius 1 is 0.933 bits per heavy atom. The van der Waals surface area contributed by atoms with Crippen LogP contribution in [0, 0.1) is 19.8 Å². The van der Waals surface area contributed by atoms with Crippen molar-refractivity contribution in [2.45, 2.75) is 45.6 Å². The van der Waals surface area contributed by atoms with Crippen molar-refractivity contribution in [1.82, 2.24) is 9.80 Å². The van der Waals surface area contributed by atoms with E-state index in [2.05, 4.69) is 42.3 Å². The molecule has 1 N–H and O–H groups in total. The maximum Gasteiger partial charge on any atom is 0.321 e. The molecule has 2 heterocycles. The molecule has 5 nitrogen and oxygen atoms in total. The molecule has 2 aromatic carbocycles. The van der Waals surface area contributed by atoms with Gasteiger partial charge in [-0.25, -0.2) is 4.79 Å². The second kappa shape index (κ2) is 8.90. The molecule has 0 saturated carbocycles. The second-order valence-electron chi connectivity index (χ2n) is 8.69. The number of piperidine rings is 1. The Balaban J connectivity index is 1.44. The van der Waals surface area contributed by atoms with E-state index < -0.39 is 0 Å². The molecule has 30 heavy (non-hydrogen) atoms. The van der Waals surface area contributed by atoms with Crippen molar-refractivity contribution in [3.05, 3.63) is 65.2 Å². The first-order chi connectivity index (χ1) is 14.5. The minimum absolute atomic E-state index is 0.119. The third kappa shape index (κ3) is 4.50. The summed E-state index contributed by atoms with van der Waals surface area (Å²) >= 11 is 0. The van der Waals surface area contributed by atoms with Crippen LogP contribution in [0.25, 0.3) is 0 Å². The number of urea groups is 1. The SMILES string of the molecule is Cc1cc(C)cc(C2CCCN2C(=O)C2CCCN(C(=O)Nc3ccccc3)C2)c1. The van der Waals surface area contributed by atoms with Crippen LogP contribution in [-0.2, 0) is 4.79 Å². The highest BCUT2D eigenvalue weighted by atomic mass is 16.2. The predicted octanol–water partition coefficient (Wildman–Crippen LogP) is 4.91. The lowest BCUT2D eigenvalue weighted by molar-refractivity contribution is -0.137. The van der Waals surface area contributed by atoms with Crippen molar-refractivity contribution in [2.24, 2.45) is 5.92 Å². The van der Waals surface area contributed by atoms with Gasteiger partial charge in [-0.15, -0.1) is 0 Å². The quantitative estimate of drug-likeness (QED) is 0.789. The lowest BCUT2D eigenvalue weighted by Crippen LogP contribution is -2.47. The molecule has 0 radical (unpaired) electrons. The Morgan fingerprint density at radius 3 is 2.37 bits per heavy atom. The summed E-state index contributed by atoms with van der Waals surface area (Å²) in [6.45, 7) is 6.23. The van der Waals surface area contributed by atoms with Gasteiger partial charge in [0.15, 0.2) is 0 Å². The largest absolute Gasteiger partial charge is 0.335 e. The van der Waals surface area contributed by atoms with Crippen LogP contribution in [0.2, 0.25) is 0 Å². The Kier molecular flexibility index (Phi) is 6.07. The molecule has 3 amide bonds. The minimum Gasteiger partial charge on any atom is -0.335 e. The van der Waals surface area contributed by atoms with Crippen LogP contribution in [0.4, 0.5) is 10.5 Å². The summed E-state index contributed by atoms with van der Waals surface area (Å²) in [6, 6.07) is 16.1. The Labute approximate surface area is 179 Å². The van der Waals surface area contributed by atoms with Gasteiger partial charge in [0, 0.05) is 25.3 Å². The van der Waals surface area contributed by atoms with E-state index in [1.165, 1.54) is 16.7 Å². The molecule has 2 saturated heterocycles. The number of aryl methyl sites for hydroxylation is 2. The smallest absolute Gasteiger partial charge is 0.321 e. The summed E-state index contributed by atoms with van der Waals surface area (Å²) in [5, 5.41) is 2.95. The maximum absolute atomic E-state index is 13.4.